The first-order valence-corrected chi connectivity index (χ1v) is 5.91. The normalized spacial score (nSPS) is 19.5. The number of anilines is 1. The molecule has 0 radical (unpaired) electrons. The van der Waals surface area contributed by atoms with Crippen LogP contribution in [-0.4, -0.2) is 35.3 Å². The number of carbonyl (C=O) groups is 1. The van der Waals surface area contributed by atoms with E-state index in [4.69, 9.17) is 9.84 Å². The molecule has 2 N–H and O–H groups in total. The van der Waals surface area contributed by atoms with Gasteiger partial charge in [-0.25, -0.2) is 14.2 Å². The first-order valence-electron chi connectivity index (χ1n) is 5.91. The first-order chi connectivity index (χ1) is 8.66. The second-order valence-corrected chi connectivity index (χ2v) is 4.22. The van der Waals surface area contributed by atoms with E-state index in [9.17, 15) is 9.18 Å². The molecule has 2 heterocycles. The maximum atomic E-state index is 12.9. The summed E-state index contributed by atoms with van der Waals surface area (Å²) >= 11 is 0. The second kappa shape index (κ2) is 5.77. The highest BCUT2D eigenvalue weighted by Gasteiger charge is 2.17. The zero-order valence-electron chi connectivity index (χ0n) is 9.86. The number of rotatable bonds is 4. The number of hydrogen-bond acceptors (Lipinski definition) is 4. The van der Waals surface area contributed by atoms with Gasteiger partial charge in [0.1, 0.15) is 17.2 Å². The number of nitrogens with zero attached hydrogens (tertiary/aromatic N) is 1. The number of aromatic carboxylic acids is 1. The molecule has 5 nitrogen and oxygen atoms in total. The van der Waals surface area contributed by atoms with E-state index >= 15 is 0 Å². The van der Waals surface area contributed by atoms with Crippen LogP contribution in [0.1, 0.15) is 29.6 Å². The van der Waals surface area contributed by atoms with Crippen LogP contribution in [0, 0.1) is 5.82 Å². The molecule has 6 heteroatoms. The summed E-state index contributed by atoms with van der Waals surface area (Å²) in [6.45, 7) is 1.22. The van der Waals surface area contributed by atoms with E-state index in [1.807, 2.05) is 0 Å². The van der Waals surface area contributed by atoms with Gasteiger partial charge in [-0.1, -0.05) is 0 Å². The maximum absolute atomic E-state index is 12.9. The number of halogens is 1. The van der Waals surface area contributed by atoms with Gasteiger partial charge in [0.25, 0.3) is 0 Å². The molecular formula is C12H15FN2O3. The Morgan fingerprint density at radius 3 is 3.11 bits per heavy atom. The Bertz CT molecular complexity index is 433. The summed E-state index contributed by atoms with van der Waals surface area (Å²) in [6.07, 6.45) is 4.17. The second-order valence-electron chi connectivity index (χ2n) is 4.22. The Morgan fingerprint density at radius 2 is 2.44 bits per heavy atom. The molecule has 0 spiro atoms. The number of carboxylic acid groups (broad SMARTS) is 1. The van der Waals surface area contributed by atoms with Crippen LogP contribution in [0.4, 0.5) is 10.2 Å². The molecule has 1 unspecified atom stereocenters. The highest BCUT2D eigenvalue weighted by Crippen LogP contribution is 2.16. The first kappa shape index (κ1) is 12.8. The van der Waals surface area contributed by atoms with Gasteiger partial charge < -0.3 is 15.2 Å². The van der Waals surface area contributed by atoms with Gasteiger partial charge in [0, 0.05) is 13.2 Å². The van der Waals surface area contributed by atoms with Crippen molar-refractivity contribution in [1.29, 1.82) is 0 Å². The average Bonchev–Trinajstić information content (AvgIpc) is 2.38. The summed E-state index contributed by atoms with van der Waals surface area (Å²) in [6, 6.07) is 0.958. The zero-order chi connectivity index (χ0) is 13.0. The molecule has 1 saturated heterocycles. The van der Waals surface area contributed by atoms with Gasteiger partial charge in [0.05, 0.1) is 12.3 Å². The van der Waals surface area contributed by atoms with Crippen LogP contribution in [0.3, 0.4) is 0 Å². The summed E-state index contributed by atoms with van der Waals surface area (Å²) < 4.78 is 18.4. The number of ether oxygens (including phenoxy) is 1. The topological polar surface area (TPSA) is 71.5 Å². The molecular weight excluding hydrogens is 239 g/mol. The van der Waals surface area contributed by atoms with Crippen LogP contribution >= 0.6 is 0 Å². The lowest BCUT2D eigenvalue weighted by Gasteiger charge is -2.23. The summed E-state index contributed by atoms with van der Waals surface area (Å²) in [4.78, 5) is 14.7. The Morgan fingerprint density at radius 1 is 1.61 bits per heavy atom. The predicted molar refractivity (Wildman–Crippen MR) is 63.2 cm³/mol. The van der Waals surface area contributed by atoms with Crippen molar-refractivity contribution in [2.45, 2.75) is 25.4 Å². The minimum absolute atomic E-state index is 0.0623. The Kier molecular flexibility index (Phi) is 4.09. The third-order valence-electron chi connectivity index (χ3n) is 2.86. The molecule has 0 saturated carbocycles. The highest BCUT2D eigenvalue weighted by atomic mass is 19.1. The molecule has 1 atom stereocenters. The van der Waals surface area contributed by atoms with Gasteiger partial charge in [0.2, 0.25) is 0 Å². The van der Waals surface area contributed by atoms with E-state index in [1.165, 1.54) is 0 Å². The van der Waals surface area contributed by atoms with Crippen LogP contribution in [0.2, 0.25) is 0 Å². The SMILES string of the molecule is O=C(O)c1cc(F)cnc1NCC1CCCCO1. The third kappa shape index (κ3) is 3.16. The molecule has 18 heavy (non-hydrogen) atoms. The van der Waals surface area contributed by atoms with Crippen molar-refractivity contribution in [1.82, 2.24) is 4.98 Å². The van der Waals surface area contributed by atoms with Crippen LogP contribution in [0.25, 0.3) is 0 Å². The largest absolute Gasteiger partial charge is 0.478 e. The Balaban J connectivity index is 2.01. The summed E-state index contributed by atoms with van der Waals surface area (Å²) in [7, 11) is 0. The van der Waals surface area contributed by atoms with E-state index < -0.39 is 11.8 Å². The molecule has 1 fully saturated rings. The highest BCUT2D eigenvalue weighted by molar-refractivity contribution is 5.93. The van der Waals surface area contributed by atoms with Crippen molar-refractivity contribution in [3.63, 3.8) is 0 Å². The predicted octanol–water partition coefficient (Wildman–Crippen LogP) is 1.90. The molecule has 0 aliphatic carbocycles. The van der Waals surface area contributed by atoms with Crippen LogP contribution in [0.15, 0.2) is 12.3 Å². The standard InChI is InChI=1S/C12H15FN2O3/c13-8-5-10(12(16)17)11(14-6-8)15-7-9-3-1-2-4-18-9/h5-6,9H,1-4,7H2,(H,14,15)(H,16,17). The van der Waals surface area contributed by atoms with Gasteiger partial charge in [-0.05, 0) is 25.3 Å². The zero-order valence-corrected chi connectivity index (χ0v) is 9.86. The number of aromatic nitrogens is 1. The molecule has 0 aromatic carbocycles. The van der Waals surface area contributed by atoms with Gasteiger partial charge in [0.15, 0.2) is 0 Å². The van der Waals surface area contributed by atoms with E-state index in [-0.39, 0.29) is 17.5 Å². The monoisotopic (exact) mass is 254 g/mol. The van der Waals surface area contributed by atoms with E-state index in [0.717, 1.165) is 38.1 Å². The summed E-state index contributed by atoms with van der Waals surface area (Å²) in [5.74, 6) is -1.68. The van der Waals surface area contributed by atoms with Crippen molar-refractivity contribution < 1.29 is 19.0 Å². The quantitative estimate of drug-likeness (QED) is 0.858. The van der Waals surface area contributed by atoms with E-state index in [2.05, 4.69) is 10.3 Å². The van der Waals surface area contributed by atoms with Gasteiger partial charge >= 0.3 is 5.97 Å². The van der Waals surface area contributed by atoms with Crippen LogP contribution < -0.4 is 5.32 Å². The minimum atomic E-state index is -1.20. The maximum Gasteiger partial charge on any atom is 0.339 e. The van der Waals surface area contributed by atoms with Crippen molar-refractivity contribution in [2.24, 2.45) is 0 Å². The number of carboxylic acids is 1. The smallest absolute Gasteiger partial charge is 0.339 e. The fourth-order valence-corrected chi connectivity index (χ4v) is 1.92. The number of hydrogen-bond donors (Lipinski definition) is 2. The van der Waals surface area contributed by atoms with Crippen LogP contribution in [0.5, 0.6) is 0 Å². The molecule has 2 rings (SSSR count). The third-order valence-corrected chi connectivity index (χ3v) is 2.86. The molecule has 0 amide bonds. The lowest BCUT2D eigenvalue weighted by atomic mass is 10.1. The molecule has 98 valence electrons. The van der Waals surface area contributed by atoms with E-state index in [1.54, 1.807) is 0 Å². The van der Waals surface area contributed by atoms with Gasteiger partial charge in [-0.2, -0.15) is 0 Å². The number of nitrogens with one attached hydrogen (secondary N) is 1. The molecule has 1 aromatic rings. The minimum Gasteiger partial charge on any atom is -0.478 e. The van der Waals surface area contributed by atoms with Gasteiger partial charge in [-0.3, -0.25) is 0 Å². The van der Waals surface area contributed by atoms with Crippen LogP contribution in [-0.2, 0) is 4.74 Å². The Hall–Kier alpha value is -1.69. The molecule has 0 bridgehead atoms. The van der Waals surface area contributed by atoms with Gasteiger partial charge in [-0.15, -0.1) is 0 Å². The fraction of sp³-hybridized carbons (Fsp3) is 0.500. The van der Waals surface area contributed by atoms with E-state index in [0.29, 0.717) is 6.54 Å². The lowest BCUT2D eigenvalue weighted by molar-refractivity contribution is 0.0247. The van der Waals surface area contributed by atoms with Crippen molar-refractivity contribution in [3.05, 3.63) is 23.6 Å². The lowest BCUT2D eigenvalue weighted by Crippen LogP contribution is -2.27. The van der Waals surface area contributed by atoms with Crippen molar-refractivity contribution >= 4 is 11.8 Å². The fourth-order valence-electron chi connectivity index (χ4n) is 1.92. The summed E-state index contributed by atoms with van der Waals surface area (Å²) in [5.41, 5.74) is -0.161. The number of pyridine rings is 1. The molecule has 1 aromatic heterocycles. The summed E-state index contributed by atoms with van der Waals surface area (Å²) in [5, 5.41) is 11.9. The Labute approximate surface area is 104 Å². The average molecular weight is 254 g/mol. The molecule has 1 aliphatic heterocycles. The molecule has 1 aliphatic rings. The van der Waals surface area contributed by atoms with Crippen molar-refractivity contribution in [3.8, 4) is 0 Å². The van der Waals surface area contributed by atoms with Crippen molar-refractivity contribution in [2.75, 3.05) is 18.5 Å².